The van der Waals surface area contributed by atoms with E-state index in [4.69, 9.17) is 4.74 Å². The molecule has 3 rings (SSSR count). The first-order valence-corrected chi connectivity index (χ1v) is 7.54. The molecule has 1 aromatic heterocycles. The highest BCUT2D eigenvalue weighted by molar-refractivity contribution is 5.96. The van der Waals surface area contributed by atoms with Gasteiger partial charge in [-0.2, -0.15) is 0 Å². The van der Waals surface area contributed by atoms with E-state index in [9.17, 15) is 9.59 Å². The van der Waals surface area contributed by atoms with Crippen molar-refractivity contribution in [1.29, 1.82) is 0 Å². The van der Waals surface area contributed by atoms with Crippen molar-refractivity contribution in [2.45, 2.75) is 0 Å². The Morgan fingerprint density at radius 1 is 1.00 bits per heavy atom. The Hall–Kier alpha value is -2.76. The van der Waals surface area contributed by atoms with Crippen molar-refractivity contribution in [3.63, 3.8) is 0 Å². The van der Waals surface area contributed by atoms with Crippen LogP contribution in [0.25, 0.3) is 0 Å². The number of nitrogens with one attached hydrogen (secondary N) is 1. The second-order valence-electron chi connectivity index (χ2n) is 5.42. The van der Waals surface area contributed by atoms with Gasteiger partial charge in [-0.25, -0.2) is 0 Å². The Morgan fingerprint density at radius 3 is 2.22 bits per heavy atom. The van der Waals surface area contributed by atoms with Crippen LogP contribution in [-0.2, 0) is 0 Å². The summed E-state index contributed by atoms with van der Waals surface area (Å²) in [5.41, 5.74) is 1.26. The van der Waals surface area contributed by atoms with E-state index >= 15 is 0 Å². The van der Waals surface area contributed by atoms with Gasteiger partial charge in [0.25, 0.3) is 11.8 Å². The van der Waals surface area contributed by atoms with Crippen LogP contribution in [0.4, 0.5) is 0 Å². The first-order valence-electron chi connectivity index (χ1n) is 7.54. The van der Waals surface area contributed by atoms with Gasteiger partial charge in [0.1, 0.15) is 5.75 Å². The van der Waals surface area contributed by atoms with Crippen molar-refractivity contribution in [3.05, 3.63) is 53.9 Å². The van der Waals surface area contributed by atoms with Crippen molar-refractivity contribution in [2.75, 3.05) is 33.3 Å². The molecule has 0 spiro atoms. The van der Waals surface area contributed by atoms with E-state index in [1.54, 1.807) is 53.6 Å². The number of nitrogens with zero attached hydrogens (tertiary/aromatic N) is 2. The van der Waals surface area contributed by atoms with Crippen LogP contribution in [0.3, 0.4) is 0 Å². The molecular weight excluding hydrogens is 294 g/mol. The average Bonchev–Trinajstić information content (AvgIpc) is 3.15. The number of H-pyrrole nitrogens is 1. The standard InChI is InChI=1S/C17H19N3O3/c1-23-15-4-2-3-13(11-15)16(21)19-7-9-20(10-8-19)17(22)14-5-6-18-12-14/h2-6,11-12,18H,7-10H2,1H3. The third kappa shape index (κ3) is 3.21. The molecule has 0 unspecified atom stereocenters. The molecule has 0 bridgehead atoms. The number of hydrogen-bond donors (Lipinski definition) is 1. The number of amides is 2. The van der Waals surface area contributed by atoms with Crippen LogP contribution >= 0.6 is 0 Å². The lowest BCUT2D eigenvalue weighted by atomic mass is 10.1. The zero-order chi connectivity index (χ0) is 16.2. The number of methoxy groups -OCH3 is 1. The Labute approximate surface area is 134 Å². The molecule has 1 aliphatic rings. The SMILES string of the molecule is COc1cccc(C(=O)N2CCN(C(=O)c3cc[nH]c3)CC2)c1. The van der Waals surface area contributed by atoms with Crippen LogP contribution in [0.2, 0.25) is 0 Å². The van der Waals surface area contributed by atoms with Gasteiger partial charge in [0.05, 0.1) is 12.7 Å². The molecule has 23 heavy (non-hydrogen) atoms. The van der Waals surface area contributed by atoms with Crippen molar-refractivity contribution >= 4 is 11.8 Å². The quantitative estimate of drug-likeness (QED) is 0.936. The maximum atomic E-state index is 12.5. The van der Waals surface area contributed by atoms with Gasteiger partial charge < -0.3 is 19.5 Å². The molecule has 2 amide bonds. The van der Waals surface area contributed by atoms with Crippen molar-refractivity contribution in [2.24, 2.45) is 0 Å². The predicted molar refractivity (Wildman–Crippen MR) is 85.6 cm³/mol. The molecule has 0 radical (unpaired) electrons. The number of carbonyl (C=O) groups is 2. The molecule has 0 aliphatic carbocycles. The van der Waals surface area contributed by atoms with Crippen molar-refractivity contribution in [3.8, 4) is 5.75 Å². The van der Waals surface area contributed by atoms with Crippen LogP contribution in [0.5, 0.6) is 5.75 Å². The molecule has 1 saturated heterocycles. The summed E-state index contributed by atoms with van der Waals surface area (Å²) in [7, 11) is 1.58. The molecule has 0 saturated carbocycles. The zero-order valence-electron chi connectivity index (χ0n) is 13.0. The summed E-state index contributed by atoms with van der Waals surface area (Å²) in [5.74, 6) is 0.634. The van der Waals surface area contributed by atoms with E-state index in [1.807, 2.05) is 6.07 Å². The number of carbonyl (C=O) groups excluding carboxylic acids is 2. The highest BCUT2D eigenvalue weighted by atomic mass is 16.5. The Kier molecular flexibility index (Phi) is 4.32. The van der Waals surface area contributed by atoms with Crippen LogP contribution in [-0.4, -0.2) is 59.9 Å². The molecule has 120 valence electrons. The molecule has 2 heterocycles. The van der Waals surface area contributed by atoms with Crippen LogP contribution in [0, 0.1) is 0 Å². The lowest BCUT2D eigenvalue weighted by Crippen LogP contribution is -2.50. The largest absolute Gasteiger partial charge is 0.497 e. The smallest absolute Gasteiger partial charge is 0.255 e. The van der Waals surface area contributed by atoms with Gasteiger partial charge in [-0.1, -0.05) is 6.07 Å². The van der Waals surface area contributed by atoms with Crippen molar-refractivity contribution in [1.82, 2.24) is 14.8 Å². The van der Waals surface area contributed by atoms with E-state index in [1.165, 1.54) is 0 Å². The van der Waals surface area contributed by atoms with E-state index in [0.717, 1.165) is 0 Å². The number of aromatic amines is 1. The van der Waals surface area contributed by atoms with E-state index < -0.39 is 0 Å². The number of aromatic nitrogens is 1. The number of benzene rings is 1. The number of hydrogen-bond acceptors (Lipinski definition) is 3. The highest BCUT2D eigenvalue weighted by Gasteiger charge is 2.25. The van der Waals surface area contributed by atoms with Gasteiger partial charge in [-0.15, -0.1) is 0 Å². The molecule has 6 nitrogen and oxygen atoms in total. The molecule has 1 N–H and O–H groups in total. The molecule has 2 aromatic rings. The first kappa shape index (κ1) is 15.1. The average molecular weight is 313 g/mol. The fourth-order valence-corrected chi connectivity index (χ4v) is 2.69. The lowest BCUT2D eigenvalue weighted by molar-refractivity contribution is 0.0535. The van der Waals surface area contributed by atoms with E-state index in [-0.39, 0.29) is 11.8 Å². The summed E-state index contributed by atoms with van der Waals surface area (Å²) in [6.45, 7) is 2.15. The van der Waals surface area contributed by atoms with Gasteiger partial charge in [-0.05, 0) is 24.3 Å². The summed E-state index contributed by atoms with van der Waals surface area (Å²) in [5, 5.41) is 0. The highest BCUT2D eigenvalue weighted by Crippen LogP contribution is 2.16. The van der Waals surface area contributed by atoms with Gasteiger partial charge in [-0.3, -0.25) is 9.59 Å². The lowest BCUT2D eigenvalue weighted by Gasteiger charge is -2.34. The predicted octanol–water partition coefficient (Wildman–Crippen LogP) is 1.62. The van der Waals surface area contributed by atoms with Crippen LogP contribution < -0.4 is 4.74 Å². The second kappa shape index (κ2) is 6.56. The number of ether oxygens (including phenoxy) is 1. The molecule has 1 aromatic carbocycles. The third-order valence-electron chi connectivity index (χ3n) is 4.02. The molecular formula is C17H19N3O3. The fraction of sp³-hybridized carbons (Fsp3) is 0.294. The van der Waals surface area contributed by atoms with Gasteiger partial charge in [0, 0.05) is 44.1 Å². The molecule has 1 fully saturated rings. The number of piperazine rings is 1. The summed E-state index contributed by atoms with van der Waals surface area (Å²) >= 11 is 0. The third-order valence-corrected chi connectivity index (χ3v) is 4.02. The summed E-state index contributed by atoms with van der Waals surface area (Å²) in [6.07, 6.45) is 3.42. The van der Waals surface area contributed by atoms with Gasteiger partial charge >= 0.3 is 0 Å². The van der Waals surface area contributed by atoms with E-state index in [0.29, 0.717) is 43.1 Å². The van der Waals surface area contributed by atoms with Gasteiger partial charge in [0.15, 0.2) is 0 Å². The Morgan fingerprint density at radius 2 is 1.65 bits per heavy atom. The summed E-state index contributed by atoms with van der Waals surface area (Å²) < 4.78 is 5.16. The minimum absolute atomic E-state index is 0.000251. The zero-order valence-corrected chi connectivity index (χ0v) is 13.0. The van der Waals surface area contributed by atoms with E-state index in [2.05, 4.69) is 4.98 Å². The first-order chi connectivity index (χ1) is 11.2. The normalized spacial score (nSPS) is 14.7. The monoisotopic (exact) mass is 313 g/mol. The molecule has 6 heteroatoms. The van der Waals surface area contributed by atoms with Crippen LogP contribution in [0.1, 0.15) is 20.7 Å². The second-order valence-corrected chi connectivity index (χ2v) is 5.42. The maximum absolute atomic E-state index is 12.5. The molecule has 0 atom stereocenters. The maximum Gasteiger partial charge on any atom is 0.255 e. The number of rotatable bonds is 3. The van der Waals surface area contributed by atoms with Crippen LogP contribution in [0.15, 0.2) is 42.7 Å². The fourth-order valence-electron chi connectivity index (χ4n) is 2.69. The minimum Gasteiger partial charge on any atom is -0.497 e. The topological polar surface area (TPSA) is 65.6 Å². The minimum atomic E-state index is -0.0300. The summed E-state index contributed by atoms with van der Waals surface area (Å²) in [6, 6.07) is 8.89. The van der Waals surface area contributed by atoms with Crippen molar-refractivity contribution < 1.29 is 14.3 Å². The summed E-state index contributed by atoms with van der Waals surface area (Å²) in [4.78, 5) is 31.2. The Bertz CT molecular complexity index is 689. The Balaban J connectivity index is 1.62. The van der Waals surface area contributed by atoms with Gasteiger partial charge in [0.2, 0.25) is 0 Å². The molecule has 1 aliphatic heterocycles.